The van der Waals surface area contributed by atoms with Crippen LogP contribution >= 0.6 is 11.8 Å². The molecule has 2 aliphatic rings. The van der Waals surface area contributed by atoms with E-state index in [9.17, 15) is 24.3 Å². The van der Waals surface area contributed by atoms with E-state index in [1.807, 2.05) is 0 Å². The zero-order valence-electron chi connectivity index (χ0n) is 19.4. The molecule has 188 valence electrons. The lowest BCUT2D eigenvalue weighted by molar-refractivity contribution is -0.160. The quantitative estimate of drug-likeness (QED) is 0.362. The van der Waals surface area contributed by atoms with Crippen LogP contribution in [0.15, 0.2) is 66.7 Å². The number of amides is 3. The molecule has 2 aromatic rings. The summed E-state index contributed by atoms with van der Waals surface area (Å²) in [7, 11) is 1.55. The van der Waals surface area contributed by atoms with Gasteiger partial charge in [-0.1, -0.05) is 49.0 Å². The lowest BCUT2D eigenvalue weighted by Gasteiger charge is -2.52. The molecule has 2 aromatic carbocycles. The van der Waals surface area contributed by atoms with E-state index < -0.39 is 47.4 Å². The molecule has 4 rings (SSSR count). The number of nitrogens with one attached hydrogen (secondary N) is 2. The number of nitrogens with zero attached hydrogens (tertiary/aromatic N) is 1. The van der Waals surface area contributed by atoms with Crippen LogP contribution in [0.25, 0.3) is 0 Å². The zero-order chi connectivity index (χ0) is 25.8. The molecule has 2 saturated heterocycles. The fourth-order valence-corrected chi connectivity index (χ4v) is 5.35. The maximum Gasteiger partial charge on any atom is 0.408 e. The van der Waals surface area contributed by atoms with E-state index in [0.29, 0.717) is 22.6 Å². The van der Waals surface area contributed by atoms with Crippen molar-refractivity contribution in [1.82, 2.24) is 15.5 Å². The number of thioether (sulfide) groups is 1. The molecule has 3 N–H and O–H groups in total. The number of alkyl carbamates (subject to hydrolysis) is 1. The number of carboxylic acid groups (broad SMARTS) is 1. The second-order valence-corrected chi connectivity index (χ2v) is 9.35. The first-order chi connectivity index (χ1) is 17.3. The molecule has 10 nitrogen and oxygen atoms in total. The Kier molecular flexibility index (Phi) is 7.49. The Morgan fingerprint density at radius 3 is 2.50 bits per heavy atom. The van der Waals surface area contributed by atoms with Crippen LogP contribution in [0.2, 0.25) is 0 Å². The van der Waals surface area contributed by atoms with E-state index >= 15 is 0 Å². The number of carbonyl (C=O) groups is 4. The van der Waals surface area contributed by atoms with Gasteiger partial charge in [0.15, 0.2) is 6.04 Å². The summed E-state index contributed by atoms with van der Waals surface area (Å²) >= 11 is 1.33. The first-order valence-corrected chi connectivity index (χ1v) is 12.1. The van der Waals surface area contributed by atoms with Crippen LogP contribution in [-0.4, -0.2) is 64.2 Å². The first kappa shape index (κ1) is 25.1. The van der Waals surface area contributed by atoms with Crippen molar-refractivity contribution in [3.63, 3.8) is 0 Å². The fourth-order valence-electron chi connectivity index (χ4n) is 4.04. The van der Waals surface area contributed by atoms with Crippen molar-refractivity contribution in [2.24, 2.45) is 0 Å². The molecule has 11 heteroatoms. The normalized spacial score (nSPS) is 21.5. The Hall–Kier alpha value is -3.99. The first-order valence-electron chi connectivity index (χ1n) is 11.1. The van der Waals surface area contributed by atoms with Crippen molar-refractivity contribution in [1.29, 1.82) is 0 Å². The van der Waals surface area contributed by atoms with E-state index in [-0.39, 0.29) is 6.61 Å². The average molecular weight is 512 g/mol. The van der Waals surface area contributed by atoms with Crippen molar-refractivity contribution >= 4 is 35.6 Å². The highest BCUT2D eigenvalue weighted by atomic mass is 32.2. The molecule has 2 heterocycles. The largest absolute Gasteiger partial charge is 0.497 e. The Morgan fingerprint density at radius 1 is 1.17 bits per heavy atom. The summed E-state index contributed by atoms with van der Waals surface area (Å²) in [5, 5.41) is 14.2. The molecule has 2 aliphatic heterocycles. The minimum Gasteiger partial charge on any atom is -0.497 e. The molecule has 0 aliphatic carbocycles. The third-order valence-corrected chi connectivity index (χ3v) is 7.28. The second-order valence-electron chi connectivity index (χ2n) is 8.24. The van der Waals surface area contributed by atoms with Crippen LogP contribution in [0.5, 0.6) is 5.75 Å². The van der Waals surface area contributed by atoms with Gasteiger partial charge in [-0.2, -0.15) is 0 Å². The predicted molar refractivity (Wildman–Crippen MR) is 131 cm³/mol. The van der Waals surface area contributed by atoms with Crippen molar-refractivity contribution in [2.75, 3.05) is 12.9 Å². The Balaban J connectivity index is 1.42. The Labute approximate surface area is 211 Å². The van der Waals surface area contributed by atoms with Crippen molar-refractivity contribution < 1.29 is 33.8 Å². The van der Waals surface area contributed by atoms with Gasteiger partial charge in [-0.15, -0.1) is 11.8 Å². The molecule has 0 bridgehead atoms. The molecular weight excluding hydrogens is 486 g/mol. The minimum atomic E-state index is -1.16. The summed E-state index contributed by atoms with van der Waals surface area (Å²) in [5.74, 6) is -1.26. The summed E-state index contributed by atoms with van der Waals surface area (Å²) in [4.78, 5) is 51.4. The SMILES string of the molecule is C=C1CS[C@H]2[C@H](NC(=O)C(NC(=O)OCc3ccc(OC)cc3)c3ccccc3)C(=O)N2[C@H]1C(=O)O. The summed E-state index contributed by atoms with van der Waals surface area (Å²) in [5.41, 5.74) is 1.65. The van der Waals surface area contributed by atoms with E-state index in [1.54, 1.807) is 61.7 Å². The molecule has 1 unspecified atom stereocenters. The van der Waals surface area contributed by atoms with Crippen molar-refractivity contribution in [3.05, 3.63) is 77.9 Å². The smallest absolute Gasteiger partial charge is 0.408 e. The predicted octanol–water partition coefficient (Wildman–Crippen LogP) is 2.07. The standard InChI is InChI=1S/C25H25N3O7S/c1-14-13-36-23-19(22(30)28(23)20(14)24(31)32)26-21(29)18(16-6-4-3-5-7-16)27-25(33)35-12-15-8-10-17(34-2)11-9-15/h3-11,18-20,23H,1,12-13H2,2H3,(H,26,29)(H,27,33)(H,31,32)/t18?,19-,20-,23+/m1/s1. The topological polar surface area (TPSA) is 134 Å². The Bertz CT molecular complexity index is 1170. The highest BCUT2D eigenvalue weighted by Crippen LogP contribution is 2.40. The van der Waals surface area contributed by atoms with Crippen molar-refractivity contribution in [2.45, 2.75) is 30.1 Å². The third-order valence-electron chi connectivity index (χ3n) is 5.90. The zero-order valence-corrected chi connectivity index (χ0v) is 20.2. The summed E-state index contributed by atoms with van der Waals surface area (Å²) in [6.07, 6.45) is -0.814. The molecular formula is C25H25N3O7S. The minimum absolute atomic E-state index is 0.0196. The van der Waals surface area contributed by atoms with Gasteiger partial charge in [0.1, 0.15) is 29.8 Å². The number of rotatable bonds is 8. The Morgan fingerprint density at radius 2 is 1.86 bits per heavy atom. The number of methoxy groups -OCH3 is 1. The van der Waals surface area contributed by atoms with Gasteiger partial charge >= 0.3 is 12.1 Å². The summed E-state index contributed by atoms with van der Waals surface area (Å²) < 4.78 is 10.4. The third kappa shape index (κ3) is 5.15. The number of β-lactam (4-membered cyclic amide) rings is 1. The molecule has 0 spiro atoms. The van der Waals surface area contributed by atoms with Gasteiger partial charge in [-0.05, 0) is 28.8 Å². The van der Waals surface area contributed by atoms with Crippen LogP contribution < -0.4 is 15.4 Å². The molecule has 0 radical (unpaired) electrons. The van der Waals surface area contributed by atoms with E-state index in [4.69, 9.17) is 9.47 Å². The van der Waals surface area contributed by atoms with Gasteiger partial charge in [0.25, 0.3) is 0 Å². The van der Waals surface area contributed by atoms with E-state index in [2.05, 4.69) is 17.2 Å². The molecule has 3 amide bonds. The van der Waals surface area contributed by atoms with Crippen LogP contribution in [0.4, 0.5) is 4.79 Å². The number of benzene rings is 2. The van der Waals surface area contributed by atoms with Crippen LogP contribution in [0, 0.1) is 0 Å². The summed E-state index contributed by atoms with van der Waals surface area (Å²) in [6, 6.07) is 12.4. The second kappa shape index (κ2) is 10.7. The average Bonchev–Trinajstić information content (AvgIpc) is 2.89. The molecule has 0 aromatic heterocycles. The molecule has 0 saturated carbocycles. The lowest BCUT2D eigenvalue weighted by Crippen LogP contribution is -2.75. The van der Waals surface area contributed by atoms with E-state index in [0.717, 1.165) is 5.56 Å². The fraction of sp³-hybridized carbons (Fsp3) is 0.280. The van der Waals surface area contributed by atoms with Crippen molar-refractivity contribution in [3.8, 4) is 5.75 Å². The number of ether oxygens (including phenoxy) is 2. The maximum atomic E-state index is 13.2. The lowest BCUT2D eigenvalue weighted by atomic mass is 9.98. The maximum absolute atomic E-state index is 13.2. The van der Waals surface area contributed by atoms with Crippen LogP contribution in [0.1, 0.15) is 17.2 Å². The highest BCUT2D eigenvalue weighted by Gasteiger charge is 2.56. The van der Waals surface area contributed by atoms with Gasteiger partial charge < -0.3 is 30.1 Å². The number of aliphatic carboxylic acids is 1. The van der Waals surface area contributed by atoms with Gasteiger partial charge in [0.2, 0.25) is 11.8 Å². The van der Waals surface area contributed by atoms with Gasteiger partial charge in [0.05, 0.1) is 7.11 Å². The van der Waals surface area contributed by atoms with Gasteiger partial charge in [-0.3, -0.25) is 9.59 Å². The number of hydrogen-bond donors (Lipinski definition) is 3. The number of hydrogen-bond acceptors (Lipinski definition) is 7. The number of fused-ring (bicyclic) bond motifs is 1. The molecule has 36 heavy (non-hydrogen) atoms. The monoisotopic (exact) mass is 511 g/mol. The van der Waals surface area contributed by atoms with Gasteiger partial charge in [-0.25, -0.2) is 9.59 Å². The highest BCUT2D eigenvalue weighted by molar-refractivity contribution is 8.00. The van der Waals surface area contributed by atoms with Gasteiger partial charge in [0, 0.05) is 5.75 Å². The molecule has 2 fully saturated rings. The number of carboxylic acids is 1. The van der Waals surface area contributed by atoms with E-state index in [1.165, 1.54) is 16.7 Å². The number of carbonyl (C=O) groups excluding carboxylic acids is 3. The van der Waals surface area contributed by atoms with Crippen LogP contribution in [-0.2, 0) is 25.7 Å². The summed E-state index contributed by atoms with van der Waals surface area (Å²) in [6.45, 7) is 3.73. The molecule has 4 atom stereocenters. The van der Waals surface area contributed by atoms with Crippen LogP contribution in [0.3, 0.4) is 0 Å².